The van der Waals surface area contributed by atoms with Crippen LogP contribution in [0.15, 0.2) is 35.3 Å². The average Bonchev–Trinajstić information content (AvgIpc) is 2.75. The fourth-order valence-corrected chi connectivity index (χ4v) is 3.77. The Balaban J connectivity index is 0.00000450. The summed E-state index contributed by atoms with van der Waals surface area (Å²) in [6.07, 6.45) is 4.55. The van der Waals surface area contributed by atoms with Gasteiger partial charge in [0.1, 0.15) is 0 Å². The average molecular weight is 532 g/mol. The molecule has 1 unspecified atom stereocenters. The van der Waals surface area contributed by atoms with Crippen molar-refractivity contribution in [3.8, 4) is 0 Å². The molecule has 0 spiro atoms. The second-order valence-electron chi connectivity index (χ2n) is 8.14. The number of guanidine groups is 1. The van der Waals surface area contributed by atoms with Crippen LogP contribution in [0.2, 0.25) is 0 Å². The maximum Gasteiger partial charge on any atom is 0.191 e. The molecule has 172 valence electrons. The molecule has 1 aromatic carbocycles. The molecule has 0 saturated carbocycles. The number of hydrogen-bond donors (Lipinski definition) is 2. The minimum atomic E-state index is 0. The summed E-state index contributed by atoms with van der Waals surface area (Å²) in [6.45, 7) is 8.50. The van der Waals surface area contributed by atoms with Crippen LogP contribution in [0, 0.1) is 0 Å². The van der Waals surface area contributed by atoms with Crippen molar-refractivity contribution in [3.05, 3.63) is 35.9 Å². The number of nitrogens with one attached hydrogen (secondary N) is 2. The SMILES string of the molecule is CN=C(NCCC(C)N(C)Cc1ccccc1)NC1CCN(CCCOC)CC1.I. The van der Waals surface area contributed by atoms with Crippen molar-refractivity contribution >= 4 is 29.9 Å². The number of hydrogen-bond acceptors (Lipinski definition) is 4. The van der Waals surface area contributed by atoms with E-state index in [1.807, 2.05) is 7.05 Å². The van der Waals surface area contributed by atoms with Crippen molar-refractivity contribution in [1.29, 1.82) is 0 Å². The maximum absolute atomic E-state index is 5.15. The largest absolute Gasteiger partial charge is 0.385 e. The van der Waals surface area contributed by atoms with Crippen LogP contribution >= 0.6 is 24.0 Å². The molecule has 2 N–H and O–H groups in total. The van der Waals surface area contributed by atoms with Gasteiger partial charge in [0.25, 0.3) is 0 Å². The molecule has 1 fully saturated rings. The number of piperidine rings is 1. The van der Waals surface area contributed by atoms with Gasteiger partial charge in [0.2, 0.25) is 0 Å². The van der Waals surface area contributed by atoms with Gasteiger partial charge >= 0.3 is 0 Å². The molecular formula is C23H42IN5O. The second-order valence-corrected chi connectivity index (χ2v) is 8.14. The maximum atomic E-state index is 5.15. The fourth-order valence-electron chi connectivity index (χ4n) is 3.77. The minimum absolute atomic E-state index is 0. The van der Waals surface area contributed by atoms with E-state index >= 15 is 0 Å². The zero-order valence-electron chi connectivity index (χ0n) is 19.3. The van der Waals surface area contributed by atoms with E-state index in [0.717, 1.165) is 58.1 Å². The topological polar surface area (TPSA) is 52.1 Å². The molecule has 0 aliphatic carbocycles. The summed E-state index contributed by atoms with van der Waals surface area (Å²) >= 11 is 0. The summed E-state index contributed by atoms with van der Waals surface area (Å²) in [5, 5.41) is 7.11. The number of aliphatic imine (C=N–C) groups is 1. The van der Waals surface area contributed by atoms with Gasteiger partial charge in [-0.15, -0.1) is 24.0 Å². The van der Waals surface area contributed by atoms with Crippen molar-refractivity contribution in [2.45, 2.75) is 51.2 Å². The molecule has 1 heterocycles. The van der Waals surface area contributed by atoms with Gasteiger partial charge in [-0.1, -0.05) is 30.3 Å². The number of likely N-dealkylation sites (tertiary alicyclic amines) is 1. The van der Waals surface area contributed by atoms with Gasteiger partial charge in [-0.25, -0.2) is 0 Å². The first-order valence-electron chi connectivity index (χ1n) is 11.0. The van der Waals surface area contributed by atoms with Gasteiger partial charge in [0.15, 0.2) is 5.96 Å². The highest BCUT2D eigenvalue weighted by Crippen LogP contribution is 2.11. The number of halogens is 1. The van der Waals surface area contributed by atoms with E-state index < -0.39 is 0 Å². The van der Waals surface area contributed by atoms with Crippen molar-refractivity contribution in [2.75, 3.05) is 54.0 Å². The van der Waals surface area contributed by atoms with Gasteiger partial charge in [-0.2, -0.15) is 0 Å². The number of ether oxygens (including phenoxy) is 1. The Bertz CT molecular complexity index is 578. The van der Waals surface area contributed by atoms with E-state index in [0.29, 0.717) is 12.1 Å². The van der Waals surface area contributed by atoms with E-state index in [-0.39, 0.29) is 24.0 Å². The molecule has 30 heavy (non-hydrogen) atoms. The third kappa shape index (κ3) is 10.4. The Kier molecular flexibility index (Phi) is 14.3. The quantitative estimate of drug-likeness (QED) is 0.199. The zero-order chi connectivity index (χ0) is 20.9. The lowest BCUT2D eigenvalue weighted by molar-refractivity contribution is 0.155. The second kappa shape index (κ2) is 15.8. The lowest BCUT2D eigenvalue weighted by Gasteiger charge is -2.33. The van der Waals surface area contributed by atoms with Gasteiger partial charge in [-0.3, -0.25) is 9.89 Å². The Morgan fingerprint density at radius 1 is 1.27 bits per heavy atom. The molecule has 0 amide bonds. The highest BCUT2D eigenvalue weighted by Gasteiger charge is 2.19. The molecule has 2 rings (SSSR count). The summed E-state index contributed by atoms with van der Waals surface area (Å²) < 4.78 is 5.15. The molecule has 1 aliphatic rings. The van der Waals surface area contributed by atoms with Crippen molar-refractivity contribution in [1.82, 2.24) is 20.4 Å². The predicted molar refractivity (Wildman–Crippen MR) is 138 cm³/mol. The van der Waals surface area contributed by atoms with E-state index in [4.69, 9.17) is 4.74 Å². The first-order chi connectivity index (χ1) is 14.1. The van der Waals surface area contributed by atoms with Crippen molar-refractivity contribution in [2.24, 2.45) is 4.99 Å². The molecule has 0 bridgehead atoms. The van der Waals surface area contributed by atoms with Crippen LogP contribution in [-0.4, -0.2) is 81.8 Å². The van der Waals surface area contributed by atoms with Crippen LogP contribution in [0.3, 0.4) is 0 Å². The molecule has 1 atom stereocenters. The number of benzene rings is 1. The molecule has 1 aromatic rings. The smallest absolute Gasteiger partial charge is 0.191 e. The molecule has 0 radical (unpaired) electrons. The summed E-state index contributed by atoms with van der Waals surface area (Å²) in [7, 11) is 5.84. The normalized spacial score (nSPS) is 16.9. The fraction of sp³-hybridized carbons (Fsp3) is 0.696. The first-order valence-corrected chi connectivity index (χ1v) is 11.0. The zero-order valence-corrected chi connectivity index (χ0v) is 21.6. The summed E-state index contributed by atoms with van der Waals surface area (Å²) in [4.78, 5) is 9.37. The van der Waals surface area contributed by atoms with Gasteiger partial charge in [0.05, 0.1) is 0 Å². The lowest BCUT2D eigenvalue weighted by Crippen LogP contribution is -2.49. The Morgan fingerprint density at radius 2 is 1.97 bits per heavy atom. The van der Waals surface area contributed by atoms with E-state index in [2.05, 4.69) is 69.7 Å². The lowest BCUT2D eigenvalue weighted by atomic mass is 10.1. The summed E-state index contributed by atoms with van der Waals surface area (Å²) in [5.41, 5.74) is 1.36. The monoisotopic (exact) mass is 531 g/mol. The number of methoxy groups -OCH3 is 1. The van der Waals surface area contributed by atoms with Crippen LogP contribution in [0.25, 0.3) is 0 Å². The van der Waals surface area contributed by atoms with Crippen molar-refractivity contribution in [3.63, 3.8) is 0 Å². The molecule has 6 nitrogen and oxygen atoms in total. The third-order valence-corrected chi connectivity index (χ3v) is 5.86. The Labute approximate surface area is 200 Å². The van der Waals surface area contributed by atoms with E-state index in [1.165, 1.54) is 18.4 Å². The number of rotatable bonds is 11. The molecule has 0 aromatic heterocycles. The highest BCUT2D eigenvalue weighted by atomic mass is 127. The molecular weight excluding hydrogens is 489 g/mol. The molecule has 1 saturated heterocycles. The predicted octanol–water partition coefficient (Wildman–Crippen LogP) is 3.18. The highest BCUT2D eigenvalue weighted by molar-refractivity contribution is 14.0. The Morgan fingerprint density at radius 3 is 2.60 bits per heavy atom. The van der Waals surface area contributed by atoms with E-state index in [1.54, 1.807) is 7.11 Å². The molecule has 1 aliphatic heterocycles. The Hall–Kier alpha value is -0.900. The summed E-state index contributed by atoms with van der Waals surface area (Å²) in [5.74, 6) is 0.931. The standard InChI is InChI=1S/C23H41N5O.HI/c1-20(27(3)19-21-9-6-5-7-10-21)11-14-25-23(24-2)26-22-12-16-28(17-13-22)15-8-18-29-4;/h5-7,9-10,20,22H,8,11-19H2,1-4H3,(H2,24,25,26);1H. The third-order valence-electron chi connectivity index (χ3n) is 5.86. The van der Waals surface area contributed by atoms with Crippen LogP contribution in [0.4, 0.5) is 0 Å². The minimum Gasteiger partial charge on any atom is -0.385 e. The number of nitrogens with zero attached hydrogens (tertiary/aromatic N) is 3. The van der Waals surface area contributed by atoms with E-state index in [9.17, 15) is 0 Å². The van der Waals surface area contributed by atoms with Crippen LogP contribution in [0.1, 0.15) is 38.2 Å². The van der Waals surface area contributed by atoms with Gasteiger partial charge < -0.3 is 20.3 Å². The molecule has 7 heteroatoms. The van der Waals surface area contributed by atoms with Crippen LogP contribution in [0.5, 0.6) is 0 Å². The van der Waals surface area contributed by atoms with Crippen LogP contribution in [-0.2, 0) is 11.3 Å². The van der Waals surface area contributed by atoms with Crippen LogP contribution < -0.4 is 10.6 Å². The van der Waals surface area contributed by atoms with Crippen molar-refractivity contribution < 1.29 is 4.74 Å². The van der Waals surface area contributed by atoms with Gasteiger partial charge in [0, 0.05) is 65.6 Å². The first kappa shape index (κ1) is 27.1. The van der Waals surface area contributed by atoms with Gasteiger partial charge in [-0.05, 0) is 45.2 Å². The summed E-state index contributed by atoms with van der Waals surface area (Å²) in [6, 6.07) is 11.7.